The molecule has 1 fully saturated rings. The van der Waals surface area contributed by atoms with Gasteiger partial charge in [-0.05, 0) is 37.5 Å². The summed E-state index contributed by atoms with van der Waals surface area (Å²) < 4.78 is 5.67. The summed E-state index contributed by atoms with van der Waals surface area (Å²) in [5.74, 6) is -0.500. The Balaban J connectivity index is 2.58. The van der Waals surface area contributed by atoms with E-state index in [1.165, 1.54) is 0 Å². The van der Waals surface area contributed by atoms with E-state index in [-0.39, 0.29) is 18.4 Å². The molecule has 1 aliphatic rings. The molecule has 1 aliphatic carbocycles. The van der Waals surface area contributed by atoms with Crippen LogP contribution in [-0.4, -0.2) is 23.8 Å². The molecule has 2 unspecified atom stereocenters. The molecule has 3 heteroatoms. The summed E-state index contributed by atoms with van der Waals surface area (Å²) in [5.41, 5.74) is 0.300. The summed E-state index contributed by atoms with van der Waals surface area (Å²) in [4.78, 5) is 10.7. The predicted molar refractivity (Wildman–Crippen MR) is 58.8 cm³/mol. The molecule has 0 aliphatic heterocycles. The van der Waals surface area contributed by atoms with E-state index in [9.17, 15) is 4.79 Å². The number of ether oxygens (including phenoxy) is 1. The van der Waals surface area contributed by atoms with E-state index in [1.807, 2.05) is 6.92 Å². The number of aliphatic carboxylic acids is 1. The monoisotopic (exact) mass is 214 g/mol. The van der Waals surface area contributed by atoms with Gasteiger partial charge < -0.3 is 9.84 Å². The summed E-state index contributed by atoms with van der Waals surface area (Å²) in [6.45, 7) is 7.11. The first-order chi connectivity index (χ1) is 6.94. The van der Waals surface area contributed by atoms with Crippen LogP contribution in [0.15, 0.2) is 0 Å². The lowest BCUT2D eigenvalue weighted by atomic mass is 9.70. The molecule has 1 N–H and O–H groups in total. The van der Waals surface area contributed by atoms with Crippen molar-refractivity contribution in [1.29, 1.82) is 0 Å². The van der Waals surface area contributed by atoms with Crippen LogP contribution >= 0.6 is 0 Å². The van der Waals surface area contributed by atoms with Crippen molar-refractivity contribution in [3.05, 3.63) is 0 Å². The molecule has 1 saturated carbocycles. The van der Waals surface area contributed by atoms with Gasteiger partial charge >= 0.3 is 5.97 Å². The molecule has 88 valence electrons. The molecule has 0 radical (unpaired) electrons. The molecular formula is C12H22O3. The van der Waals surface area contributed by atoms with Crippen molar-refractivity contribution in [2.24, 2.45) is 11.3 Å². The Labute approximate surface area is 91.8 Å². The standard InChI is InChI=1S/C12H22O3/c1-4-15-10-8-12(2,3)6-5-9(10)7-11(13)14/h9-10H,4-8H2,1-3H3,(H,13,14). The molecule has 0 saturated heterocycles. The molecule has 0 amide bonds. The minimum atomic E-state index is -0.704. The van der Waals surface area contributed by atoms with Gasteiger partial charge in [0.25, 0.3) is 0 Å². The first-order valence-electron chi connectivity index (χ1n) is 5.78. The number of hydrogen-bond acceptors (Lipinski definition) is 2. The van der Waals surface area contributed by atoms with Crippen LogP contribution in [0.3, 0.4) is 0 Å². The molecule has 1 rings (SSSR count). The Morgan fingerprint density at radius 2 is 2.20 bits per heavy atom. The molecule has 0 bridgehead atoms. The Bertz CT molecular complexity index is 223. The predicted octanol–water partition coefficient (Wildman–Crippen LogP) is 2.69. The molecule has 0 aromatic rings. The highest BCUT2D eigenvalue weighted by atomic mass is 16.5. The third kappa shape index (κ3) is 3.82. The average Bonchev–Trinajstić information content (AvgIpc) is 2.09. The van der Waals surface area contributed by atoms with Crippen molar-refractivity contribution in [2.75, 3.05) is 6.61 Å². The van der Waals surface area contributed by atoms with Crippen LogP contribution in [0.1, 0.15) is 46.5 Å². The smallest absolute Gasteiger partial charge is 0.303 e. The van der Waals surface area contributed by atoms with E-state index < -0.39 is 5.97 Å². The quantitative estimate of drug-likeness (QED) is 0.782. The molecule has 0 heterocycles. The first kappa shape index (κ1) is 12.5. The summed E-state index contributed by atoms with van der Waals surface area (Å²) in [6, 6.07) is 0. The van der Waals surface area contributed by atoms with Crippen molar-refractivity contribution in [1.82, 2.24) is 0 Å². The molecule has 0 aromatic carbocycles. The van der Waals surface area contributed by atoms with Gasteiger partial charge in [-0.25, -0.2) is 0 Å². The van der Waals surface area contributed by atoms with Crippen molar-refractivity contribution in [3.63, 3.8) is 0 Å². The second kappa shape index (κ2) is 4.97. The second-order valence-electron chi connectivity index (χ2n) is 5.26. The van der Waals surface area contributed by atoms with Crippen LogP contribution in [0.5, 0.6) is 0 Å². The number of carbonyl (C=O) groups is 1. The van der Waals surface area contributed by atoms with Crippen LogP contribution in [-0.2, 0) is 9.53 Å². The van der Waals surface area contributed by atoms with Gasteiger partial charge in [0.15, 0.2) is 0 Å². The van der Waals surface area contributed by atoms with Gasteiger partial charge in [-0.2, -0.15) is 0 Å². The lowest BCUT2D eigenvalue weighted by Crippen LogP contribution is -2.36. The van der Waals surface area contributed by atoms with Gasteiger partial charge in [0, 0.05) is 6.61 Å². The topological polar surface area (TPSA) is 46.5 Å². The fourth-order valence-electron chi connectivity index (χ4n) is 2.44. The highest BCUT2D eigenvalue weighted by molar-refractivity contribution is 5.67. The number of rotatable bonds is 4. The Morgan fingerprint density at radius 1 is 1.53 bits per heavy atom. The van der Waals surface area contributed by atoms with Crippen LogP contribution in [0.25, 0.3) is 0 Å². The lowest BCUT2D eigenvalue weighted by Gasteiger charge is -2.40. The van der Waals surface area contributed by atoms with Gasteiger partial charge in [0.1, 0.15) is 0 Å². The third-order valence-electron chi connectivity index (χ3n) is 3.29. The van der Waals surface area contributed by atoms with Crippen molar-refractivity contribution in [2.45, 2.75) is 52.6 Å². The van der Waals surface area contributed by atoms with E-state index in [0.29, 0.717) is 12.0 Å². The molecule has 0 aromatic heterocycles. The third-order valence-corrected chi connectivity index (χ3v) is 3.29. The van der Waals surface area contributed by atoms with E-state index in [4.69, 9.17) is 9.84 Å². The lowest BCUT2D eigenvalue weighted by molar-refractivity contribution is -0.141. The van der Waals surface area contributed by atoms with E-state index in [1.54, 1.807) is 0 Å². The molecule has 15 heavy (non-hydrogen) atoms. The van der Waals surface area contributed by atoms with Gasteiger partial charge in [-0.1, -0.05) is 13.8 Å². The zero-order valence-corrected chi connectivity index (χ0v) is 9.95. The Hall–Kier alpha value is -0.570. The summed E-state index contributed by atoms with van der Waals surface area (Å²) in [6.07, 6.45) is 3.45. The minimum absolute atomic E-state index is 0.134. The molecule has 0 spiro atoms. The van der Waals surface area contributed by atoms with E-state index in [0.717, 1.165) is 19.3 Å². The maximum Gasteiger partial charge on any atom is 0.303 e. The number of hydrogen-bond donors (Lipinski definition) is 1. The highest BCUT2D eigenvalue weighted by Crippen LogP contribution is 2.40. The maximum atomic E-state index is 10.7. The number of carboxylic acid groups (broad SMARTS) is 1. The van der Waals surface area contributed by atoms with Gasteiger partial charge in [-0.3, -0.25) is 4.79 Å². The minimum Gasteiger partial charge on any atom is -0.481 e. The van der Waals surface area contributed by atoms with Crippen molar-refractivity contribution < 1.29 is 14.6 Å². The fraction of sp³-hybridized carbons (Fsp3) is 0.917. The van der Waals surface area contributed by atoms with Crippen LogP contribution in [0.4, 0.5) is 0 Å². The van der Waals surface area contributed by atoms with Crippen molar-refractivity contribution in [3.8, 4) is 0 Å². The van der Waals surface area contributed by atoms with E-state index >= 15 is 0 Å². The molecular weight excluding hydrogens is 192 g/mol. The highest BCUT2D eigenvalue weighted by Gasteiger charge is 2.36. The first-order valence-corrected chi connectivity index (χ1v) is 5.78. The Morgan fingerprint density at radius 3 is 2.73 bits per heavy atom. The van der Waals surface area contributed by atoms with Gasteiger partial charge in [0.2, 0.25) is 0 Å². The Kier molecular flexibility index (Phi) is 4.14. The van der Waals surface area contributed by atoms with Crippen LogP contribution in [0.2, 0.25) is 0 Å². The fourth-order valence-corrected chi connectivity index (χ4v) is 2.44. The van der Waals surface area contributed by atoms with Crippen LogP contribution < -0.4 is 0 Å². The van der Waals surface area contributed by atoms with Gasteiger partial charge in [0.05, 0.1) is 12.5 Å². The van der Waals surface area contributed by atoms with Gasteiger partial charge in [-0.15, -0.1) is 0 Å². The summed E-state index contributed by atoms with van der Waals surface area (Å²) in [5, 5.41) is 8.83. The molecule has 2 atom stereocenters. The molecule has 3 nitrogen and oxygen atoms in total. The number of carboxylic acids is 1. The van der Waals surface area contributed by atoms with Crippen molar-refractivity contribution >= 4 is 5.97 Å². The maximum absolute atomic E-state index is 10.7. The van der Waals surface area contributed by atoms with Crippen LogP contribution in [0, 0.1) is 11.3 Å². The largest absolute Gasteiger partial charge is 0.481 e. The second-order valence-corrected chi connectivity index (χ2v) is 5.26. The zero-order chi connectivity index (χ0) is 11.5. The summed E-state index contributed by atoms with van der Waals surface area (Å²) >= 11 is 0. The SMILES string of the molecule is CCOC1CC(C)(C)CCC1CC(=O)O. The normalized spacial score (nSPS) is 30.1. The average molecular weight is 214 g/mol. The van der Waals surface area contributed by atoms with E-state index in [2.05, 4.69) is 13.8 Å². The summed E-state index contributed by atoms with van der Waals surface area (Å²) in [7, 11) is 0. The zero-order valence-electron chi connectivity index (χ0n) is 9.95.